The summed E-state index contributed by atoms with van der Waals surface area (Å²) in [5, 5.41) is 0. The summed E-state index contributed by atoms with van der Waals surface area (Å²) in [6.45, 7) is 9.04. The summed E-state index contributed by atoms with van der Waals surface area (Å²) < 4.78 is 47.1. The van der Waals surface area contributed by atoms with Crippen molar-refractivity contribution in [3.8, 4) is 0 Å². The summed E-state index contributed by atoms with van der Waals surface area (Å²) in [5.74, 6) is -1.91. The molecule has 0 unspecified atom stereocenters. The smallest absolute Gasteiger partial charge is 0.444 e. The number of hydrogen-bond acceptors (Lipinski definition) is 4. The summed E-state index contributed by atoms with van der Waals surface area (Å²) in [7, 11) is 1.06. The molecule has 0 spiro atoms. The van der Waals surface area contributed by atoms with Crippen LogP contribution in [-0.2, 0) is 14.3 Å². The predicted molar refractivity (Wildman–Crippen MR) is 82.6 cm³/mol. The molecule has 0 fully saturated rings. The van der Waals surface area contributed by atoms with E-state index in [0.29, 0.717) is 4.90 Å². The van der Waals surface area contributed by atoms with Crippen LogP contribution in [0.25, 0.3) is 0 Å². The number of carbonyl (C=O) groups excluding carboxylic acids is 2. The first kappa shape index (κ1) is 22.5. The van der Waals surface area contributed by atoms with Gasteiger partial charge in [0.1, 0.15) is 5.60 Å². The van der Waals surface area contributed by atoms with Gasteiger partial charge in [-0.2, -0.15) is 13.2 Å². The standard InChI is InChI=1S/C15H27F3N2O4/c1-11(2)20(13(22)24-14(3,4)5)8-10-23-9-7-19(6)12(21)15(16,17)18/h11H,7-10H2,1-6H3. The van der Waals surface area contributed by atoms with Gasteiger partial charge < -0.3 is 19.3 Å². The number of ether oxygens (including phenoxy) is 2. The first-order valence-electron chi connectivity index (χ1n) is 7.65. The van der Waals surface area contributed by atoms with Crippen LogP contribution in [0.1, 0.15) is 34.6 Å². The fourth-order valence-corrected chi connectivity index (χ4v) is 1.67. The van der Waals surface area contributed by atoms with Crippen LogP contribution < -0.4 is 0 Å². The molecule has 2 amide bonds. The van der Waals surface area contributed by atoms with Crippen LogP contribution in [0.2, 0.25) is 0 Å². The molecular formula is C15H27F3N2O4. The second-order valence-corrected chi connectivity index (χ2v) is 6.60. The van der Waals surface area contributed by atoms with E-state index in [-0.39, 0.29) is 32.3 Å². The second-order valence-electron chi connectivity index (χ2n) is 6.60. The number of likely N-dealkylation sites (N-methyl/N-ethyl adjacent to an activating group) is 1. The number of halogens is 3. The Morgan fingerprint density at radius 2 is 1.54 bits per heavy atom. The van der Waals surface area contributed by atoms with Gasteiger partial charge in [-0.05, 0) is 34.6 Å². The molecule has 0 aliphatic heterocycles. The fourth-order valence-electron chi connectivity index (χ4n) is 1.67. The van der Waals surface area contributed by atoms with E-state index in [1.165, 1.54) is 4.90 Å². The van der Waals surface area contributed by atoms with Gasteiger partial charge in [-0.15, -0.1) is 0 Å². The molecule has 0 N–H and O–H groups in total. The van der Waals surface area contributed by atoms with Gasteiger partial charge in [-0.1, -0.05) is 0 Å². The third-order valence-corrected chi connectivity index (χ3v) is 2.89. The molecule has 6 nitrogen and oxygen atoms in total. The Morgan fingerprint density at radius 3 is 1.96 bits per heavy atom. The minimum atomic E-state index is -4.89. The number of hydrogen-bond donors (Lipinski definition) is 0. The lowest BCUT2D eigenvalue weighted by Crippen LogP contribution is -2.43. The highest BCUT2D eigenvalue weighted by molar-refractivity contribution is 5.81. The SMILES string of the molecule is CC(C)N(CCOCCN(C)C(=O)C(F)(F)F)C(=O)OC(C)(C)C. The number of rotatable bonds is 7. The zero-order valence-corrected chi connectivity index (χ0v) is 15.1. The zero-order valence-electron chi connectivity index (χ0n) is 15.1. The quantitative estimate of drug-likeness (QED) is 0.658. The largest absolute Gasteiger partial charge is 0.471 e. The maximum absolute atomic E-state index is 12.2. The lowest BCUT2D eigenvalue weighted by molar-refractivity contribution is -0.184. The van der Waals surface area contributed by atoms with Crippen LogP contribution in [0, 0.1) is 0 Å². The van der Waals surface area contributed by atoms with Crippen molar-refractivity contribution in [1.82, 2.24) is 9.80 Å². The molecule has 0 atom stereocenters. The molecular weight excluding hydrogens is 329 g/mol. The van der Waals surface area contributed by atoms with Crippen molar-refractivity contribution in [1.29, 1.82) is 0 Å². The normalized spacial score (nSPS) is 12.2. The fraction of sp³-hybridized carbons (Fsp3) is 0.867. The highest BCUT2D eigenvalue weighted by Crippen LogP contribution is 2.17. The molecule has 0 aliphatic rings. The Labute approximate surface area is 140 Å². The number of amides is 2. The molecule has 0 bridgehead atoms. The number of nitrogens with zero attached hydrogens (tertiary/aromatic N) is 2. The third-order valence-electron chi connectivity index (χ3n) is 2.89. The van der Waals surface area contributed by atoms with Crippen molar-refractivity contribution >= 4 is 12.0 Å². The molecule has 0 aliphatic carbocycles. The van der Waals surface area contributed by atoms with Gasteiger partial charge in [-0.25, -0.2) is 4.79 Å². The van der Waals surface area contributed by atoms with Crippen molar-refractivity contribution in [3.05, 3.63) is 0 Å². The molecule has 0 radical (unpaired) electrons. The Bertz CT molecular complexity index is 420. The van der Waals surface area contributed by atoms with Crippen LogP contribution in [-0.4, -0.2) is 73.0 Å². The van der Waals surface area contributed by atoms with Gasteiger partial charge in [0.2, 0.25) is 0 Å². The summed E-state index contributed by atoms with van der Waals surface area (Å²) in [6.07, 6.45) is -5.37. The number of carbonyl (C=O) groups is 2. The highest BCUT2D eigenvalue weighted by atomic mass is 19.4. The average Bonchev–Trinajstić information content (AvgIpc) is 2.37. The summed E-state index contributed by atoms with van der Waals surface area (Å²) in [5.41, 5.74) is -0.619. The average molecular weight is 356 g/mol. The molecule has 0 aromatic heterocycles. The van der Waals surface area contributed by atoms with Crippen molar-refractivity contribution < 1.29 is 32.2 Å². The molecule has 0 saturated carbocycles. The molecule has 9 heteroatoms. The third kappa shape index (κ3) is 8.95. The van der Waals surface area contributed by atoms with E-state index >= 15 is 0 Å². The monoisotopic (exact) mass is 356 g/mol. The molecule has 0 saturated heterocycles. The summed E-state index contributed by atoms with van der Waals surface area (Å²) >= 11 is 0. The summed E-state index contributed by atoms with van der Waals surface area (Å²) in [6, 6.07) is -0.113. The molecule has 24 heavy (non-hydrogen) atoms. The van der Waals surface area contributed by atoms with Crippen molar-refractivity contribution in [2.45, 2.75) is 52.4 Å². The maximum Gasteiger partial charge on any atom is 0.471 e. The Kier molecular flexibility index (Phi) is 8.53. The van der Waals surface area contributed by atoms with Crippen LogP contribution in [0.4, 0.5) is 18.0 Å². The summed E-state index contributed by atoms with van der Waals surface area (Å²) in [4.78, 5) is 25.0. The molecule has 0 aromatic carbocycles. The lowest BCUT2D eigenvalue weighted by Gasteiger charge is -2.30. The highest BCUT2D eigenvalue weighted by Gasteiger charge is 2.41. The zero-order chi connectivity index (χ0) is 19.1. The lowest BCUT2D eigenvalue weighted by atomic mass is 10.2. The van der Waals surface area contributed by atoms with E-state index in [4.69, 9.17) is 9.47 Å². The minimum absolute atomic E-state index is 0.0570. The molecule has 0 rings (SSSR count). The van der Waals surface area contributed by atoms with E-state index in [2.05, 4.69) is 0 Å². The van der Waals surface area contributed by atoms with Crippen LogP contribution in [0.5, 0.6) is 0 Å². The predicted octanol–water partition coefficient (Wildman–Crippen LogP) is 2.67. The van der Waals surface area contributed by atoms with E-state index < -0.39 is 23.8 Å². The van der Waals surface area contributed by atoms with Crippen LogP contribution in [0.3, 0.4) is 0 Å². The van der Waals surface area contributed by atoms with Gasteiger partial charge in [-0.3, -0.25) is 4.79 Å². The van der Waals surface area contributed by atoms with E-state index in [1.54, 1.807) is 20.8 Å². The van der Waals surface area contributed by atoms with Crippen molar-refractivity contribution in [2.75, 3.05) is 33.4 Å². The van der Waals surface area contributed by atoms with E-state index in [0.717, 1.165) is 7.05 Å². The van der Waals surface area contributed by atoms with E-state index in [9.17, 15) is 22.8 Å². The Morgan fingerprint density at radius 1 is 1.04 bits per heavy atom. The van der Waals surface area contributed by atoms with Gasteiger partial charge in [0, 0.05) is 26.2 Å². The van der Waals surface area contributed by atoms with E-state index in [1.807, 2.05) is 13.8 Å². The first-order valence-corrected chi connectivity index (χ1v) is 7.65. The van der Waals surface area contributed by atoms with Gasteiger partial charge >= 0.3 is 18.2 Å². The van der Waals surface area contributed by atoms with Crippen LogP contribution >= 0.6 is 0 Å². The van der Waals surface area contributed by atoms with Gasteiger partial charge in [0.25, 0.3) is 0 Å². The van der Waals surface area contributed by atoms with Gasteiger partial charge in [0.05, 0.1) is 13.2 Å². The maximum atomic E-state index is 12.2. The minimum Gasteiger partial charge on any atom is -0.444 e. The molecule has 142 valence electrons. The number of alkyl halides is 3. The first-order chi connectivity index (χ1) is 10.8. The van der Waals surface area contributed by atoms with Crippen molar-refractivity contribution in [3.63, 3.8) is 0 Å². The molecule has 0 heterocycles. The van der Waals surface area contributed by atoms with Crippen molar-refractivity contribution in [2.24, 2.45) is 0 Å². The van der Waals surface area contributed by atoms with Crippen LogP contribution in [0.15, 0.2) is 0 Å². The second kappa shape index (κ2) is 9.10. The Hall–Kier alpha value is -1.51. The van der Waals surface area contributed by atoms with Gasteiger partial charge in [0.15, 0.2) is 0 Å². The molecule has 0 aromatic rings. The topological polar surface area (TPSA) is 59.1 Å². The Balaban J connectivity index is 4.23.